The van der Waals surface area contributed by atoms with Crippen molar-refractivity contribution in [2.45, 2.75) is 25.3 Å². The number of hydrogen-bond donors (Lipinski definition) is 1. The van der Waals surface area contributed by atoms with Crippen LogP contribution in [0.1, 0.15) is 36.6 Å². The lowest BCUT2D eigenvalue weighted by atomic mass is 10.0. The van der Waals surface area contributed by atoms with Crippen molar-refractivity contribution in [2.24, 2.45) is 5.92 Å². The highest BCUT2D eigenvalue weighted by Crippen LogP contribution is 2.53. The summed E-state index contributed by atoms with van der Waals surface area (Å²) < 4.78 is 3.98. The molecule has 0 bridgehead atoms. The van der Waals surface area contributed by atoms with E-state index in [1.807, 2.05) is 0 Å². The van der Waals surface area contributed by atoms with E-state index in [0.29, 0.717) is 17.9 Å². The monoisotopic (exact) mass is 259 g/mol. The summed E-state index contributed by atoms with van der Waals surface area (Å²) in [4.78, 5) is 0. The minimum absolute atomic E-state index is 0.360. The van der Waals surface area contributed by atoms with Gasteiger partial charge in [0.2, 0.25) is 0 Å². The topological polar surface area (TPSA) is 37.8 Å². The Hall–Kier alpha value is -1.26. The lowest BCUT2D eigenvalue weighted by molar-refractivity contribution is 0.475. The second-order valence-corrected chi connectivity index (χ2v) is 5.39. The first-order valence-corrected chi connectivity index (χ1v) is 7.29. The summed E-state index contributed by atoms with van der Waals surface area (Å²) in [6.07, 6.45) is 1.25. The molecule has 0 amide bonds. The molecule has 1 fully saturated rings. The molecule has 3 rings (SSSR count). The number of nitrogens with zero attached hydrogens (tertiary/aromatic N) is 2. The molecule has 1 aromatic carbocycles. The van der Waals surface area contributed by atoms with Crippen molar-refractivity contribution < 1.29 is 0 Å². The average Bonchev–Trinajstić information content (AvgIpc) is 3.02. The number of rotatable bonds is 5. The minimum Gasteiger partial charge on any atom is -0.309 e. The van der Waals surface area contributed by atoms with Gasteiger partial charge in [0.25, 0.3) is 0 Å². The van der Waals surface area contributed by atoms with Crippen LogP contribution in [0, 0.1) is 5.92 Å². The molecular formula is C14H17N3S. The van der Waals surface area contributed by atoms with Gasteiger partial charge in [-0.1, -0.05) is 41.7 Å². The summed E-state index contributed by atoms with van der Waals surface area (Å²) in [6.45, 7) is 3.12. The molecule has 0 radical (unpaired) electrons. The lowest BCUT2D eigenvalue weighted by Crippen LogP contribution is -2.23. The molecule has 3 unspecified atom stereocenters. The van der Waals surface area contributed by atoms with E-state index in [9.17, 15) is 0 Å². The molecule has 4 heteroatoms. The maximum Gasteiger partial charge on any atom is 0.0927 e. The van der Waals surface area contributed by atoms with Crippen molar-refractivity contribution in [3.8, 4) is 0 Å². The molecule has 0 spiro atoms. The molecule has 1 aromatic heterocycles. The van der Waals surface area contributed by atoms with Crippen LogP contribution in [0.15, 0.2) is 35.7 Å². The largest absolute Gasteiger partial charge is 0.309 e. The highest BCUT2D eigenvalue weighted by molar-refractivity contribution is 7.03. The molecule has 2 aromatic rings. The van der Waals surface area contributed by atoms with Gasteiger partial charge < -0.3 is 5.32 Å². The highest BCUT2D eigenvalue weighted by atomic mass is 32.1. The Morgan fingerprint density at radius 1 is 1.39 bits per heavy atom. The van der Waals surface area contributed by atoms with E-state index in [2.05, 4.69) is 57.5 Å². The zero-order chi connectivity index (χ0) is 12.4. The van der Waals surface area contributed by atoms with Gasteiger partial charge in [-0.2, -0.15) is 0 Å². The molecule has 1 saturated carbocycles. The molecular weight excluding hydrogens is 242 g/mol. The first-order chi connectivity index (χ1) is 8.90. The van der Waals surface area contributed by atoms with Crippen LogP contribution in [-0.2, 0) is 0 Å². The van der Waals surface area contributed by atoms with Crippen LogP contribution in [0.4, 0.5) is 0 Å². The Kier molecular flexibility index (Phi) is 3.39. The Bertz CT molecular complexity index is 483. The molecule has 1 aliphatic carbocycles. The third kappa shape index (κ3) is 2.31. The zero-order valence-electron chi connectivity index (χ0n) is 10.4. The molecule has 3 atom stereocenters. The predicted molar refractivity (Wildman–Crippen MR) is 73.6 cm³/mol. The molecule has 18 heavy (non-hydrogen) atoms. The van der Waals surface area contributed by atoms with Gasteiger partial charge in [0.1, 0.15) is 0 Å². The molecule has 94 valence electrons. The van der Waals surface area contributed by atoms with Crippen LogP contribution in [-0.4, -0.2) is 16.1 Å². The number of benzene rings is 1. The normalized spacial score (nSPS) is 23.8. The van der Waals surface area contributed by atoms with Crippen molar-refractivity contribution in [3.63, 3.8) is 0 Å². The van der Waals surface area contributed by atoms with Gasteiger partial charge >= 0.3 is 0 Å². The summed E-state index contributed by atoms with van der Waals surface area (Å²) >= 11 is 1.43. The third-order valence-corrected chi connectivity index (χ3v) is 4.14. The van der Waals surface area contributed by atoms with Crippen LogP contribution in [0.3, 0.4) is 0 Å². The molecule has 1 heterocycles. The Morgan fingerprint density at radius 3 is 2.89 bits per heavy atom. The second kappa shape index (κ2) is 5.16. The first-order valence-electron chi connectivity index (χ1n) is 6.45. The van der Waals surface area contributed by atoms with Gasteiger partial charge in [0.05, 0.1) is 11.7 Å². The molecule has 0 aliphatic heterocycles. The Labute approximate surface area is 111 Å². The van der Waals surface area contributed by atoms with E-state index in [4.69, 9.17) is 0 Å². The fourth-order valence-corrected chi connectivity index (χ4v) is 3.16. The average molecular weight is 259 g/mol. The predicted octanol–water partition coefficient (Wildman–Crippen LogP) is 2.99. The third-order valence-electron chi connectivity index (χ3n) is 3.62. The van der Waals surface area contributed by atoms with E-state index < -0.39 is 0 Å². The summed E-state index contributed by atoms with van der Waals surface area (Å²) in [7, 11) is 0. The van der Waals surface area contributed by atoms with Crippen molar-refractivity contribution in [3.05, 3.63) is 47.0 Å². The minimum atomic E-state index is 0.360. The van der Waals surface area contributed by atoms with E-state index in [1.165, 1.54) is 23.5 Å². The van der Waals surface area contributed by atoms with E-state index in [-0.39, 0.29) is 0 Å². The SMILES string of the molecule is CCNC(c1csnn1)C1CC1c1ccccc1. The molecule has 0 saturated heterocycles. The standard InChI is InChI=1S/C14H17N3S/c1-2-15-14(13-9-18-17-16-13)12-8-11(12)10-6-4-3-5-7-10/h3-7,9,11-12,14-15H,2,8H2,1H3. The fraction of sp³-hybridized carbons (Fsp3) is 0.429. The number of nitrogens with one attached hydrogen (secondary N) is 1. The van der Waals surface area contributed by atoms with Crippen molar-refractivity contribution >= 4 is 11.5 Å². The quantitative estimate of drug-likeness (QED) is 0.897. The lowest BCUT2D eigenvalue weighted by Gasteiger charge is -2.15. The van der Waals surface area contributed by atoms with Crippen LogP contribution < -0.4 is 5.32 Å². The Balaban J connectivity index is 1.75. The Morgan fingerprint density at radius 2 is 2.22 bits per heavy atom. The van der Waals surface area contributed by atoms with Crippen molar-refractivity contribution in [1.82, 2.24) is 14.9 Å². The second-order valence-electron chi connectivity index (χ2n) is 4.78. The van der Waals surface area contributed by atoms with Crippen LogP contribution in [0.25, 0.3) is 0 Å². The maximum absolute atomic E-state index is 4.23. The van der Waals surface area contributed by atoms with Crippen LogP contribution in [0.2, 0.25) is 0 Å². The summed E-state index contributed by atoms with van der Waals surface area (Å²) in [5.41, 5.74) is 2.55. The van der Waals surface area contributed by atoms with E-state index in [0.717, 1.165) is 12.2 Å². The summed E-state index contributed by atoms with van der Waals surface area (Å²) in [6, 6.07) is 11.1. The van der Waals surface area contributed by atoms with Gasteiger partial charge in [-0.15, -0.1) is 5.10 Å². The van der Waals surface area contributed by atoms with E-state index >= 15 is 0 Å². The van der Waals surface area contributed by atoms with Gasteiger partial charge in [-0.05, 0) is 41.9 Å². The maximum atomic E-state index is 4.23. The number of hydrogen-bond acceptors (Lipinski definition) is 4. The molecule has 1 aliphatic rings. The van der Waals surface area contributed by atoms with Gasteiger partial charge in [-0.3, -0.25) is 0 Å². The van der Waals surface area contributed by atoms with Crippen LogP contribution >= 0.6 is 11.5 Å². The van der Waals surface area contributed by atoms with Crippen molar-refractivity contribution in [2.75, 3.05) is 6.54 Å². The fourth-order valence-electron chi connectivity index (χ4n) is 2.67. The van der Waals surface area contributed by atoms with Crippen LogP contribution in [0.5, 0.6) is 0 Å². The summed E-state index contributed by atoms with van der Waals surface area (Å²) in [5, 5.41) is 9.84. The first kappa shape index (κ1) is 11.8. The smallest absolute Gasteiger partial charge is 0.0927 e. The molecule has 1 N–H and O–H groups in total. The highest BCUT2D eigenvalue weighted by Gasteiger charge is 2.44. The zero-order valence-corrected chi connectivity index (χ0v) is 11.2. The van der Waals surface area contributed by atoms with Gasteiger partial charge in [-0.25, -0.2) is 0 Å². The van der Waals surface area contributed by atoms with Gasteiger partial charge in [0.15, 0.2) is 0 Å². The van der Waals surface area contributed by atoms with Gasteiger partial charge in [0, 0.05) is 5.38 Å². The summed E-state index contributed by atoms with van der Waals surface area (Å²) in [5.74, 6) is 1.34. The molecule has 3 nitrogen and oxygen atoms in total. The van der Waals surface area contributed by atoms with Crippen molar-refractivity contribution in [1.29, 1.82) is 0 Å². The van der Waals surface area contributed by atoms with E-state index in [1.54, 1.807) is 0 Å². The number of aromatic nitrogens is 2.